The van der Waals surface area contributed by atoms with E-state index in [-0.39, 0.29) is 17.5 Å². The van der Waals surface area contributed by atoms with E-state index < -0.39 is 10.0 Å². The molecule has 0 amide bonds. The van der Waals surface area contributed by atoms with Gasteiger partial charge >= 0.3 is 0 Å². The third-order valence-electron chi connectivity index (χ3n) is 3.52. The molecule has 0 heterocycles. The first-order valence-corrected chi connectivity index (χ1v) is 9.57. The van der Waals surface area contributed by atoms with Crippen LogP contribution in [0.2, 0.25) is 0 Å². The van der Waals surface area contributed by atoms with Crippen molar-refractivity contribution < 1.29 is 13.5 Å². The molecule has 6 heteroatoms. The molecule has 4 nitrogen and oxygen atoms in total. The standard InChI is InChI=1S/C15H19NO3S2/c1-20-14-7-6-13(11-14)16-21(18,19)15-8-4-12(5-9-15)3-2-10-17/h4-5,8-9,13-14,16-17H,6-7,10-11H2,1H3. The third kappa shape index (κ3) is 4.48. The number of benzene rings is 1. The van der Waals surface area contributed by atoms with Gasteiger partial charge in [-0.2, -0.15) is 11.8 Å². The molecule has 1 aromatic rings. The monoisotopic (exact) mass is 325 g/mol. The van der Waals surface area contributed by atoms with Crippen molar-refractivity contribution in [2.75, 3.05) is 12.9 Å². The molecule has 0 bridgehead atoms. The largest absolute Gasteiger partial charge is 0.384 e. The van der Waals surface area contributed by atoms with Crippen LogP contribution in [0, 0.1) is 11.8 Å². The minimum Gasteiger partial charge on any atom is -0.384 e. The molecule has 1 aromatic carbocycles. The van der Waals surface area contributed by atoms with Gasteiger partial charge in [-0.1, -0.05) is 11.8 Å². The smallest absolute Gasteiger partial charge is 0.240 e. The summed E-state index contributed by atoms with van der Waals surface area (Å²) in [5.41, 5.74) is 0.686. The van der Waals surface area contributed by atoms with E-state index in [0.29, 0.717) is 10.8 Å². The fourth-order valence-corrected chi connectivity index (χ4v) is 4.49. The van der Waals surface area contributed by atoms with Crippen molar-refractivity contribution in [2.24, 2.45) is 0 Å². The molecule has 21 heavy (non-hydrogen) atoms. The normalized spacial score (nSPS) is 21.8. The van der Waals surface area contributed by atoms with Crippen LogP contribution < -0.4 is 4.72 Å². The lowest BCUT2D eigenvalue weighted by molar-refractivity contribution is 0.350. The Morgan fingerprint density at radius 2 is 2.05 bits per heavy atom. The zero-order chi connectivity index (χ0) is 15.3. The Morgan fingerprint density at radius 3 is 2.62 bits per heavy atom. The van der Waals surface area contributed by atoms with Crippen LogP contribution in [-0.4, -0.2) is 37.7 Å². The molecule has 0 aromatic heterocycles. The predicted octanol–water partition coefficient (Wildman–Crippen LogP) is 1.59. The molecule has 1 aliphatic carbocycles. The Morgan fingerprint density at radius 1 is 1.33 bits per heavy atom. The maximum Gasteiger partial charge on any atom is 0.240 e. The van der Waals surface area contributed by atoms with Crippen molar-refractivity contribution in [2.45, 2.75) is 35.4 Å². The van der Waals surface area contributed by atoms with E-state index in [0.717, 1.165) is 19.3 Å². The van der Waals surface area contributed by atoms with Crippen molar-refractivity contribution in [3.63, 3.8) is 0 Å². The fraction of sp³-hybridized carbons (Fsp3) is 0.467. The molecular weight excluding hydrogens is 306 g/mol. The number of nitrogens with one attached hydrogen (secondary N) is 1. The SMILES string of the molecule is CSC1CCC(NS(=O)(=O)c2ccc(C#CCO)cc2)C1. The second-order valence-electron chi connectivity index (χ2n) is 4.97. The van der Waals surface area contributed by atoms with E-state index >= 15 is 0 Å². The van der Waals surface area contributed by atoms with Crippen molar-refractivity contribution in [3.05, 3.63) is 29.8 Å². The first-order chi connectivity index (χ1) is 10.0. The molecule has 0 aliphatic heterocycles. The van der Waals surface area contributed by atoms with Gasteiger partial charge in [0.25, 0.3) is 0 Å². The number of thioether (sulfide) groups is 1. The summed E-state index contributed by atoms with van der Waals surface area (Å²) in [6.07, 6.45) is 4.91. The van der Waals surface area contributed by atoms with Gasteiger partial charge in [0.2, 0.25) is 10.0 Å². The molecule has 0 saturated heterocycles. The Kier molecular flexibility index (Phi) is 5.71. The summed E-state index contributed by atoms with van der Waals surface area (Å²) in [5.74, 6) is 5.27. The van der Waals surface area contributed by atoms with Crippen LogP contribution in [0.3, 0.4) is 0 Å². The lowest BCUT2D eigenvalue weighted by Crippen LogP contribution is -2.33. The molecule has 0 spiro atoms. The van der Waals surface area contributed by atoms with Crippen LogP contribution in [0.1, 0.15) is 24.8 Å². The van der Waals surface area contributed by atoms with Gasteiger partial charge in [-0.25, -0.2) is 13.1 Å². The van der Waals surface area contributed by atoms with E-state index in [2.05, 4.69) is 22.8 Å². The van der Waals surface area contributed by atoms with Gasteiger partial charge in [-0.15, -0.1) is 0 Å². The maximum absolute atomic E-state index is 12.3. The summed E-state index contributed by atoms with van der Waals surface area (Å²) < 4.78 is 27.4. The average molecular weight is 325 g/mol. The molecule has 1 aliphatic rings. The molecule has 1 fully saturated rings. The molecule has 2 atom stereocenters. The van der Waals surface area contributed by atoms with E-state index in [9.17, 15) is 8.42 Å². The van der Waals surface area contributed by atoms with E-state index in [4.69, 9.17) is 5.11 Å². The quantitative estimate of drug-likeness (QED) is 0.825. The highest BCUT2D eigenvalue weighted by molar-refractivity contribution is 7.99. The van der Waals surface area contributed by atoms with Crippen LogP contribution in [0.4, 0.5) is 0 Å². The van der Waals surface area contributed by atoms with Gasteiger partial charge in [0, 0.05) is 16.9 Å². The number of rotatable bonds is 4. The van der Waals surface area contributed by atoms with Gasteiger partial charge in [0.05, 0.1) is 4.90 Å². The van der Waals surface area contributed by atoms with Gasteiger partial charge < -0.3 is 5.11 Å². The summed E-state index contributed by atoms with van der Waals surface area (Å²) >= 11 is 1.80. The minimum absolute atomic E-state index is 0.0290. The Labute approximate surface area is 130 Å². The summed E-state index contributed by atoms with van der Waals surface area (Å²) in [6, 6.07) is 6.42. The zero-order valence-corrected chi connectivity index (χ0v) is 13.5. The second kappa shape index (κ2) is 7.32. The highest BCUT2D eigenvalue weighted by atomic mass is 32.2. The summed E-state index contributed by atoms with van der Waals surface area (Å²) in [6.45, 7) is -0.208. The molecule has 2 unspecified atom stereocenters. The highest BCUT2D eigenvalue weighted by Gasteiger charge is 2.28. The van der Waals surface area contributed by atoms with Crippen LogP contribution in [0.25, 0.3) is 0 Å². The zero-order valence-electron chi connectivity index (χ0n) is 11.9. The van der Waals surface area contributed by atoms with Gasteiger partial charge in [0.15, 0.2) is 0 Å². The van der Waals surface area contributed by atoms with Crippen LogP contribution in [0.5, 0.6) is 0 Å². The molecular formula is C15H19NO3S2. The number of hydrogen-bond donors (Lipinski definition) is 2. The first kappa shape index (κ1) is 16.4. The fourth-order valence-electron chi connectivity index (χ4n) is 2.41. The van der Waals surface area contributed by atoms with Crippen molar-refractivity contribution in [3.8, 4) is 11.8 Å². The van der Waals surface area contributed by atoms with Gasteiger partial charge in [0.1, 0.15) is 6.61 Å². The second-order valence-corrected chi connectivity index (χ2v) is 7.83. The molecule has 2 N–H and O–H groups in total. The minimum atomic E-state index is -3.47. The number of aliphatic hydroxyl groups excluding tert-OH is 1. The third-order valence-corrected chi connectivity index (χ3v) is 6.15. The van der Waals surface area contributed by atoms with Gasteiger partial charge in [-0.3, -0.25) is 0 Å². The molecule has 2 rings (SSSR count). The topological polar surface area (TPSA) is 66.4 Å². The number of aliphatic hydroxyl groups is 1. The molecule has 0 radical (unpaired) electrons. The average Bonchev–Trinajstić information content (AvgIpc) is 2.92. The number of sulfonamides is 1. The van der Waals surface area contributed by atoms with Crippen molar-refractivity contribution in [1.29, 1.82) is 0 Å². The van der Waals surface area contributed by atoms with E-state index in [1.54, 1.807) is 36.0 Å². The highest BCUT2D eigenvalue weighted by Crippen LogP contribution is 2.29. The van der Waals surface area contributed by atoms with Crippen LogP contribution in [0.15, 0.2) is 29.2 Å². The lowest BCUT2D eigenvalue weighted by Gasteiger charge is -2.13. The Bertz CT molecular complexity index is 629. The van der Waals surface area contributed by atoms with Crippen molar-refractivity contribution >= 4 is 21.8 Å². The lowest BCUT2D eigenvalue weighted by atomic mass is 10.2. The summed E-state index contributed by atoms with van der Waals surface area (Å²) in [5, 5.41) is 9.18. The van der Waals surface area contributed by atoms with Crippen molar-refractivity contribution in [1.82, 2.24) is 4.72 Å². The molecule has 114 valence electrons. The Balaban J connectivity index is 2.06. The first-order valence-electron chi connectivity index (χ1n) is 6.80. The van der Waals surface area contributed by atoms with E-state index in [1.165, 1.54) is 0 Å². The van der Waals surface area contributed by atoms with Gasteiger partial charge in [-0.05, 0) is 49.8 Å². The van der Waals surface area contributed by atoms with Crippen LogP contribution >= 0.6 is 11.8 Å². The predicted molar refractivity (Wildman–Crippen MR) is 85.7 cm³/mol. The summed E-state index contributed by atoms with van der Waals surface area (Å²) in [7, 11) is -3.47. The van der Waals surface area contributed by atoms with E-state index in [1.807, 2.05) is 0 Å². The summed E-state index contributed by atoms with van der Waals surface area (Å²) in [4.78, 5) is 0.254. The number of hydrogen-bond acceptors (Lipinski definition) is 4. The Hall–Kier alpha value is -1.00. The molecule has 1 saturated carbocycles. The van der Waals surface area contributed by atoms with Crippen LogP contribution in [-0.2, 0) is 10.0 Å². The maximum atomic E-state index is 12.3.